The fraction of sp³-hybridized carbons (Fsp3) is 0.727. The molecule has 1 fully saturated rings. The molecule has 14 heavy (non-hydrogen) atoms. The maximum Gasteiger partial charge on any atom is 0.122 e. The van der Waals surface area contributed by atoms with E-state index in [1.54, 1.807) is 0 Å². The lowest BCUT2D eigenvalue weighted by atomic mass is 9.87. The van der Waals surface area contributed by atoms with Crippen LogP contribution in [0.2, 0.25) is 0 Å². The van der Waals surface area contributed by atoms with Gasteiger partial charge in [-0.05, 0) is 12.8 Å². The van der Waals surface area contributed by atoms with Crippen LogP contribution in [0.4, 0.5) is 0 Å². The highest BCUT2D eigenvalue weighted by atomic mass is 15.1. The second-order valence-corrected chi connectivity index (χ2v) is 4.20. The van der Waals surface area contributed by atoms with Crippen LogP contribution >= 0.6 is 0 Å². The maximum absolute atomic E-state index is 5.61. The molecule has 0 aromatic carbocycles. The highest BCUT2D eigenvalue weighted by Crippen LogP contribution is 2.32. The van der Waals surface area contributed by atoms with Gasteiger partial charge in [-0.1, -0.05) is 19.3 Å². The Morgan fingerprint density at radius 2 is 2.14 bits per heavy atom. The number of hydrogen-bond acceptors (Lipinski definition) is 2. The Hall–Kier alpha value is -0.830. The number of rotatable bonds is 2. The topological polar surface area (TPSA) is 43.8 Å². The van der Waals surface area contributed by atoms with Crippen LogP contribution in [0.3, 0.4) is 0 Å². The van der Waals surface area contributed by atoms with Crippen LogP contribution in [-0.2, 0) is 13.6 Å². The first-order valence-corrected chi connectivity index (χ1v) is 5.53. The summed E-state index contributed by atoms with van der Waals surface area (Å²) in [5.74, 6) is 1.73. The minimum absolute atomic E-state index is 0.545. The molecule has 1 aliphatic rings. The summed E-state index contributed by atoms with van der Waals surface area (Å²) in [5.41, 5.74) is 6.99. The average Bonchev–Trinajstić information content (AvgIpc) is 2.61. The van der Waals surface area contributed by atoms with Crippen LogP contribution in [0.5, 0.6) is 0 Å². The van der Waals surface area contributed by atoms with Crippen molar-refractivity contribution in [2.75, 3.05) is 0 Å². The molecule has 0 amide bonds. The summed E-state index contributed by atoms with van der Waals surface area (Å²) in [6, 6.07) is 0. The van der Waals surface area contributed by atoms with Gasteiger partial charge < -0.3 is 10.3 Å². The molecule has 0 atom stereocenters. The maximum atomic E-state index is 5.61. The number of hydrogen-bond donors (Lipinski definition) is 1. The van der Waals surface area contributed by atoms with Gasteiger partial charge in [0.25, 0.3) is 0 Å². The van der Waals surface area contributed by atoms with Crippen molar-refractivity contribution >= 4 is 0 Å². The zero-order chi connectivity index (χ0) is 9.97. The lowest BCUT2D eigenvalue weighted by Crippen LogP contribution is -2.11. The molecular formula is C11H19N3. The molecule has 1 saturated carbocycles. The number of nitrogens with two attached hydrogens (primary N) is 1. The molecule has 1 aromatic heterocycles. The van der Waals surface area contributed by atoms with E-state index in [4.69, 9.17) is 5.73 Å². The molecule has 0 unspecified atom stereocenters. The number of aromatic nitrogens is 2. The van der Waals surface area contributed by atoms with E-state index in [0.717, 1.165) is 11.7 Å². The normalized spacial score (nSPS) is 18.7. The molecule has 3 nitrogen and oxygen atoms in total. The predicted octanol–water partition coefficient (Wildman–Crippen LogP) is 1.93. The third-order valence-electron chi connectivity index (χ3n) is 3.33. The lowest BCUT2D eigenvalue weighted by Gasteiger charge is -2.22. The highest BCUT2D eigenvalue weighted by molar-refractivity contribution is 5.11. The van der Waals surface area contributed by atoms with Crippen LogP contribution in [0, 0.1) is 0 Å². The lowest BCUT2D eigenvalue weighted by molar-refractivity contribution is 0.428. The van der Waals surface area contributed by atoms with E-state index in [1.165, 1.54) is 37.8 Å². The molecule has 2 N–H and O–H groups in total. The Morgan fingerprint density at radius 1 is 1.43 bits per heavy atom. The molecule has 0 aliphatic heterocycles. The molecule has 1 aromatic rings. The molecule has 3 heteroatoms. The highest BCUT2D eigenvalue weighted by Gasteiger charge is 2.19. The van der Waals surface area contributed by atoms with Gasteiger partial charge in [-0.2, -0.15) is 0 Å². The predicted molar refractivity (Wildman–Crippen MR) is 56.9 cm³/mol. The largest absolute Gasteiger partial charge is 0.334 e. The smallest absolute Gasteiger partial charge is 0.122 e. The summed E-state index contributed by atoms with van der Waals surface area (Å²) in [4.78, 5) is 4.35. The molecular weight excluding hydrogens is 174 g/mol. The summed E-state index contributed by atoms with van der Waals surface area (Å²) < 4.78 is 2.18. The summed E-state index contributed by atoms with van der Waals surface area (Å²) in [6.07, 6.45) is 8.80. The average molecular weight is 193 g/mol. The molecule has 1 heterocycles. The van der Waals surface area contributed by atoms with E-state index in [9.17, 15) is 0 Å². The molecule has 0 bridgehead atoms. The first kappa shape index (κ1) is 9.71. The van der Waals surface area contributed by atoms with E-state index in [1.807, 2.05) is 6.20 Å². The standard InChI is InChI=1S/C11H19N3/c1-14-10(8-13-11(14)7-12)9-5-3-2-4-6-9/h8-9H,2-7,12H2,1H3. The molecule has 1 aliphatic carbocycles. The fourth-order valence-electron chi connectivity index (χ4n) is 2.43. The fourth-order valence-corrected chi connectivity index (χ4v) is 2.43. The Bertz CT molecular complexity index is 297. The monoisotopic (exact) mass is 193 g/mol. The zero-order valence-electron chi connectivity index (χ0n) is 8.87. The summed E-state index contributed by atoms with van der Waals surface area (Å²) in [6.45, 7) is 0.545. The van der Waals surface area contributed by atoms with Gasteiger partial charge in [0.2, 0.25) is 0 Å². The Morgan fingerprint density at radius 3 is 2.71 bits per heavy atom. The van der Waals surface area contributed by atoms with E-state index in [2.05, 4.69) is 16.6 Å². The van der Waals surface area contributed by atoms with Crippen LogP contribution in [0.25, 0.3) is 0 Å². The van der Waals surface area contributed by atoms with Crippen LogP contribution < -0.4 is 5.73 Å². The molecule has 0 radical (unpaired) electrons. The number of nitrogens with zero attached hydrogens (tertiary/aromatic N) is 2. The van der Waals surface area contributed by atoms with Gasteiger partial charge in [-0.25, -0.2) is 4.98 Å². The first-order chi connectivity index (χ1) is 6.83. The van der Waals surface area contributed by atoms with E-state index in [-0.39, 0.29) is 0 Å². The molecule has 0 spiro atoms. The van der Waals surface area contributed by atoms with E-state index < -0.39 is 0 Å². The Kier molecular flexibility index (Phi) is 2.87. The van der Waals surface area contributed by atoms with E-state index in [0.29, 0.717) is 6.54 Å². The second-order valence-electron chi connectivity index (χ2n) is 4.20. The van der Waals surface area contributed by atoms with Crippen LogP contribution in [0.1, 0.15) is 49.5 Å². The van der Waals surface area contributed by atoms with Crippen molar-refractivity contribution in [2.45, 2.75) is 44.6 Å². The van der Waals surface area contributed by atoms with Gasteiger partial charge in [0, 0.05) is 24.9 Å². The molecule has 0 saturated heterocycles. The third kappa shape index (κ3) is 1.69. The van der Waals surface area contributed by atoms with Crippen molar-refractivity contribution in [1.29, 1.82) is 0 Å². The van der Waals surface area contributed by atoms with Crippen molar-refractivity contribution in [1.82, 2.24) is 9.55 Å². The van der Waals surface area contributed by atoms with Gasteiger partial charge in [-0.15, -0.1) is 0 Å². The minimum Gasteiger partial charge on any atom is -0.334 e. The van der Waals surface area contributed by atoms with Crippen LogP contribution in [0.15, 0.2) is 6.20 Å². The van der Waals surface area contributed by atoms with E-state index >= 15 is 0 Å². The first-order valence-electron chi connectivity index (χ1n) is 5.53. The zero-order valence-corrected chi connectivity index (χ0v) is 8.87. The summed E-state index contributed by atoms with van der Waals surface area (Å²) >= 11 is 0. The Balaban J connectivity index is 2.18. The van der Waals surface area contributed by atoms with Crippen molar-refractivity contribution in [3.63, 3.8) is 0 Å². The van der Waals surface area contributed by atoms with Gasteiger partial charge in [0.15, 0.2) is 0 Å². The Labute approximate surface area is 85.3 Å². The van der Waals surface area contributed by atoms with Crippen molar-refractivity contribution in [3.05, 3.63) is 17.7 Å². The van der Waals surface area contributed by atoms with Gasteiger partial charge in [0.1, 0.15) is 5.82 Å². The van der Waals surface area contributed by atoms with Crippen molar-refractivity contribution in [3.8, 4) is 0 Å². The SMILES string of the molecule is Cn1c(C2CCCCC2)cnc1CN. The minimum atomic E-state index is 0.545. The number of imidazole rings is 1. The van der Waals surface area contributed by atoms with Crippen LogP contribution in [-0.4, -0.2) is 9.55 Å². The molecule has 78 valence electrons. The quantitative estimate of drug-likeness (QED) is 0.780. The van der Waals surface area contributed by atoms with Gasteiger partial charge in [0.05, 0.1) is 6.54 Å². The summed E-state index contributed by atoms with van der Waals surface area (Å²) in [7, 11) is 2.08. The van der Waals surface area contributed by atoms with Gasteiger partial charge >= 0.3 is 0 Å². The summed E-state index contributed by atoms with van der Waals surface area (Å²) in [5, 5.41) is 0. The van der Waals surface area contributed by atoms with Gasteiger partial charge in [-0.3, -0.25) is 0 Å². The van der Waals surface area contributed by atoms with Crippen molar-refractivity contribution in [2.24, 2.45) is 12.8 Å². The third-order valence-corrected chi connectivity index (χ3v) is 3.33. The van der Waals surface area contributed by atoms with Crippen molar-refractivity contribution < 1.29 is 0 Å². The second kappa shape index (κ2) is 4.13. The molecule has 2 rings (SSSR count).